The summed E-state index contributed by atoms with van der Waals surface area (Å²) < 4.78 is 0. The zero-order chi connectivity index (χ0) is 7.56. The van der Waals surface area contributed by atoms with Crippen LogP contribution in [0.2, 0.25) is 0 Å². The van der Waals surface area contributed by atoms with Crippen molar-refractivity contribution in [3.05, 3.63) is 24.4 Å². The lowest BCUT2D eigenvalue weighted by Crippen LogP contribution is -2.38. The predicted octanol–water partition coefficient (Wildman–Crippen LogP) is 0.721. The van der Waals surface area contributed by atoms with E-state index >= 15 is 0 Å². The molecule has 1 heterocycles. The molecule has 2 N–H and O–H groups in total. The smallest absolute Gasteiger partial charge is 0.0280 e. The van der Waals surface area contributed by atoms with E-state index in [1.807, 2.05) is 0 Å². The van der Waals surface area contributed by atoms with Crippen LogP contribution in [0, 0.1) is 0 Å². The van der Waals surface area contributed by atoms with E-state index in [1.54, 1.807) is 0 Å². The Morgan fingerprint density at radius 3 is 2.30 bits per heavy atom. The highest BCUT2D eigenvalue weighted by atomic mass is 15.2. The van der Waals surface area contributed by atoms with Crippen LogP contribution in [0.25, 0.3) is 0 Å². The summed E-state index contributed by atoms with van der Waals surface area (Å²) >= 11 is 0. The molecule has 0 radical (unpaired) electrons. The van der Waals surface area contributed by atoms with Crippen LogP contribution in [0.3, 0.4) is 0 Å². The van der Waals surface area contributed by atoms with Crippen molar-refractivity contribution < 1.29 is 0 Å². The van der Waals surface area contributed by atoms with Gasteiger partial charge in [-0.2, -0.15) is 0 Å². The van der Waals surface area contributed by atoms with Crippen LogP contribution in [0.5, 0.6) is 0 Å². The van der Waals surface area contributed by atoms with Crippen LogP contribution in [-0.4, -0.2) is 24.5 Å². The van der Waals surface area contributed by atoms with E-state index in [0.29, 0.717) is 5.70 Å². The zero-order valence-electron chi connectivity index (χ0n) is 6.27. The number of rotatable bonds is 3. The summed E-state index contributed by atoms with van der Waals surface area (Å²) in [5, 5.41) is 0. The van der Waals surface area contributed by atoms with Gasteiger partial charge < -0.3 is 5.73 Å². The average molecular weight is 138 g/mol. The lowest BCUT2D eigenvalue weighted by Gasteiger charge is -2.31. The summed E-state index contributed by atoms with van der Waals surface area (Å²) in [6.07, 6.45) is 1.31. The van der Waals surface area contributed by atoms with Crippen LogP contribution in [0.4, 0.5) is 0 Å². The highest BCUT2D eigenvalue weighted by Crippen LogP contribution is 2.09. The monoisotopic (exact) mass is 138 g/mol. The first-order valence-electron chi connectivity index (χ1n) is 3.55. The molecule has 0 amide bonds. The number of hydrogen-bond acceptors (Lipinski definition) is 2. The van der Waals surface area contributed by atoms with Gasteiger partial charge in [-0.25, -0.2) is 0 Å². The summed E-state index contributed by atoms with van der Waals surface area (Å²) in [7, 11) is 0. The minimum atomic E-state index is 0.618. The molecule has 1 aliphatic heterocycles. The fourth-order valence-electron chi connectivity index (χ4n) is 0.911. The molecule has 2 nitrogen and oxygen atoms in total. The van der Waals surface area contributed by atoms with E-state index < -0.39 is 0 Å². The SMILES string of the molecule is C=C(N)C(=C)CN1CCC1. The van der Waals surface area contributed by atoms with E-state index in [2.05, 4.69) is 18.1 Å². The first-order chi connectivity index (χ1) is 4.70. The van der Waals surface area contributed by atoms with Crippen molar-refractivity contribution in [2.45, 2.75) is 6.42 Å². The topological polar surface area (TPSA) is 29.3 Å². The lowest BCUT2D eigenvalue weighted by atomic mass is 10.1. The van der Waals surface area contributed by atoms with Gasteiger partial charge in [0.15, 0.2) is 0 Å². The predicted molar refractivity (Wildman–Crippen MR) is 43.5 cm³/mol. The van der Waals surface area contributed by atoms with E-state index in [9.17, 15) is 0 Å². The fourth-order valence-corrected chi connectivity index (χ4v) is 0.911. The molecule has 0 bridgehead atoms. The van der Waals surface area contributed by atoms with Gasteiger partial charge in [0.05, 0.1) is 0 Å². The molecule has 0 spiro atoms. The maximum absolute atomic E-state index is 5.44. The highest BCUT2D eigenvalue weighted by molar-refractivity contribution is 5.23. The quantitative estimate of drug-likeness (QED) is 0.582. The van der Waals surface area contributed by atoms with Crippen molar-refractivity contribution in [3.8, 4) is 0 Å². The van der Waals surface area contributed by atoms with Crippen molar-refractivity contribution in [3.63, 3.8) is 0 Å². The molecule has 0 unspecified atom stereocenters. The molecule has 0 saturated carbocycles. The molecule has 1 fully saturated rings. The minimum absolute atomic E-state index is 0.618. The number of hydrogen-bond donors (Lipinski definition) is 1. The molecule has 2 heteroatoms. The van der Waals surface area contributed by atoms with Gasteiger partial charge in [-0.15, -0.1) is 0 Å². The number of nitrogens with zero attached hydrogens (tertiary/aromatic N) is 1. The Morgan fingerprint density at radius 2 is 2.00 bits per heavy atom. The second-order valence-electron chi connectivity index (χ2n) is 2.76. The molecule has 1 aliphatic rings. The van der Waals surface area contributed by atoms with Gasteiger partial charge in [-0.3, -0.25) is 4.90 Å². The molecule has 1 rings (SSSR count). The summed E-state index contributed by atoms with van der Waals surface area (Å²) in [6, 6.07) is 0. The van der Waals surface area contributed by atoms with Gasteiger partial charge >= 0.3 is 0 Å². The van der Waals surface area contributed by atoms with Crippen molar-refractivity contribution in [1.29, 1.82) is 0 Å². The Hall–Kier alpha value is -0.760. The molecule has 1 saturated heterocycles. The largest absolute Gasteiger partial charge is 0.399 e. The van der Waals surface area contributed by atoms with Crippen molar-refractivity contribution in [2.75, 3.05) is 19.6 Å². The minimum Gasteiger partial charge on any atom is -0.399 e. The Labute approximate surface area is 62.0 Å². The molecule has 0 aromatic heterocycles. The van der Waals surface area contributed by atoms with Crippen LogP contribution < -0.4 is 5.73 Å². The van der Waals surface area contributed by atoms with Crippen LogP contribution in [0.1, 0.15) is 6.42 Å². The lowest BCUT2D eigenvalue weighted by molar-refractivity contribution is 0.199. The van der Waals surface area contributed by atoms with E-state index in [4.69, 9.17) is 5.73 Å². The maximum atomic E-state index is 5.44. The molecule has 56 valence electrons. The van der Waals surface area contributed by atoms with Gasteiger partial charge in [0, 0.05) is 12.2 Å². The van der Waals surface area contributed by atoms with Gasteiger partial charge in [-0.1, -0.05) is 13.2 Å². The fraction of sp³-hybridized carbons (Fsp3) is 0.500. The molecular weight excluding hydrogens is 124 g/mol. The van der Waals surface area contributed by atoms with Crippen molar-refractivity contribution in [1.82, 2.24) is 4.90 Å². The second kappa shape index (κ2) is 2.88. The van der Waals surface area contributed by atoms with Gasteiger partial charge in [0.1, 0.15) is 0 Å². The Bertz CT molecular complexity index is 157. The number of nitrogens with two attached hydrogens (primary N) is 1. The summed E-state index contributed by atoms with van der Waals surface area (Å²) in [5.41, 5.74) is 7.02. The molecule has 0 aromatic carbocycles. The molecular formula is C8H14N2. The number of likely N-dealkylation sites (tertiary alicyclic amines) is 1. The maximum Gasteiger partial charge on any atom is 0.0280 e. The van der Waals surface area contributed by atoms with Crippen molar-refractivity contribution >= 4 is 0 Å². The Morgan fingerprint density at radius 1 is 1.40 bits per heavy atom. The average Bonchev–Trinajstić information content (AvgIpc) is 1.77. The Balaban J connectivity index is 2.23. The highest BCUT2D eigenvalue weighted by Gasteiger charge is 2.13. The van der Waals surface area contributed by atoms with Crippen LogP contribution in [-0.2, 0) is 0 Å². The zero-order valence-corrected chi connectivity index (χ0v) is 6.27. The van der Waals surface area contributed by atoms with Crippen LogP contribution >= 0.6 is 0 Å². The van der Waals surface area contributed by atoms with E-state index in [0.717, 1.165) is 12.1 Å². The molecule has 0 aliphatic carbocycles. The van der Waals surface area contributed by atoms with E-state index in [-0.39, 0.29) is 0 Å². The van der Waals surface area contributed by atoms with Crippen LogP contribution in [0.15, 0.2) is 24.4 Å². The Kier molecular flexibility index (Phi) is 2.12. The third-order valence-corrected chi connectivity index (χ3v) is 1.82. The molecule has 10 heavy (non-hydrogen) atoms. The van der Waals surface area contributed by atoms with Gasteiger partial charge in [0.2, 0.25) is 0 Å². The summed E-state index contributed by atoms with van der Waals surface area (Å²) in [5.74, 6) is 0. The molecule has 0 atom stereocenters. The van der Waals surface area contributed by atoms with Crippen molar-refractivity contribution in [2.24, 2.45) is 5.73 Å². The first kappa shape index (κ1) is 7.35. The standard InChI is InChI=1S/C8H14N2/c1-7(8(2)9)6-10-4-3-5-10/h1-6,9H2. The van der Waals surface area contributed by atoms with Gasteiger partial charge in [-0.05, 0) is 25.1 Å². The van der Waals surface area contributed by atoms with E-state index in [1.165, 1.54) is 19.5 Å². The third-order valence-electron chi connectivity index (χ3n) is 1.82. The molecule has 0 aromatic rings. The summed E-state index contributed by atoms with van der Waals surface area (Å²) in [6.45, 7) is 10.7. The second-order valence-corrected chi connectivity index (χ2v) is 2.76. The first-order valence-corrected chi connectivity index (χ1v) is 3.55. The van der Waals surface area contributed by atoms with Gasteiger partial charge in [0.25, 0.3) is 0 Å². The summed E-state index contributed by atoms with van der Waals surface area (Å²) in [4.78, 5) is 2.31. The normalized spacial score (nSPS) is 18.0. The third kappa shape index (κ3) is 1.61.